The topological polar surface area (TPSA) is 6.48 Å². The van der Waals surface area contributed by atoms with Crippen LogP contribution in [0.25, 0.3) is 0 Å². The zero-order valence-corrected chi connectivity index (χ0v) is 8.15. The first-order valence-electron chi connectivity index (χ1n) is 4.20. The van der Waals surface area contributed by atoms with E-state index in [0.29, 0.717) is 5.54 Å². The van der Waals surface area contributed by atoms with E-state index in [2.05, 4.69) is 35.7 Å². The monoisotopic (exact) mass is 172 g/mol. The van der Waals surface area contributed by atoms with Gasteiger partial charge in [0.2, 0.25) is 0 Å². The molecule has 2 nitrogen and oxygen atoms in total. The molecule has 0 aromatic carbocycles. The van der Waals surface area contributed by atoms with E-state index in [-0.39, 0.29) is 0 Å². The van der Waals surface area contributed by atoms with Crippen LogP contribution in [-0.2, 0) is 0 Å². The third-order valence-electron chi connectivity index (χ3n) is 2.93. The van der Waals surface area contributed by atoms with Crippen molar-refractivity contribution < 1.29 is 0 Å². The average molecular weight is 172 g/mol. The highest BCUT2D eigenvalue weighted by Crippen LogP contribution is 2.36. The van der Waals surface area contributed by atoms with Crippen LogP contribution >= 0.6 is 11.8 Å². The fourth-order valence-corrected chi connectivity index (χ4v) is 3.21. The number of hydrogen-bond donors (Lipinski definition) is 0. The Kier molecular flexibility index (Phi) is 1.90. The number of nitrogens with zero attached hydrogens (tertiary/aromatic N) is 2. The molecule has 3 heteroatoms. The maximum atomic E-state index is 2.55. The zero-order chi connectivity index (χ0) is 7.90. The van der Waals surface area contributed by atoms with Crippen molar-refractivity contribution in [2.75, 3.05) is 45.2 Å². The molecule has 2 aliphatic rings. The maximum absolute atomic E-state index is 2.55. The highest BCUT2D eigenvalue weighted by atomic mass is 32.2. The van der Waals surface area contributed by atoms with Crippen LogP contribution in [0.2, 0.25) is 0 Å². The van der Waals surface area contributed by atoms with Gasteiger partial charge in [-0.2, -0.15) is 11.8 Å². The van der Waals surface area contributed by atoms with Crippen LogP contribution in [-0.4, -0.2) is 60.6 Å². The molecular formula is C8H16N2S. The first kappa shape index (κ1) is 7.90. The van der Waals surface area contributed by atoms with Gasteiger partial charge in [-0.25, -0.2) is 0 Å². The minimum atomic E-state index is 0.553. The number of piperazine rings is 1. The van der Waals surface area contributed by atoms with Crippen molar-refractivity contribution in [1.82, 2.24) is 9.80 Å². The second-order valence-electron chi connectivity index (χ2n) is 3.88. The molecule has 2 heterocycles. The third kappa shape index (κ3) is 1.19. The van der Waals surface area contributed by atoms with Crippen LogP contribution in [0.5, 0.6) is 0 Å². The first-order valence-corrected chi connectivity index (χ1v) is 5.36. The van der Waals surface area contributed by atoms with Gasteiger partial charge in [0, 0.05) is 31.1 Å². The summed E-state index contributed by atoms with van der Waals surface area (Å²) in [7, 11) is 4.50. The molecule has 0 aromatic rings. The minimum Gasteiger partial charge on any atom is -0.303 e. The second kappa shape index (κ2) is 2.64. The lowest BCUT2D eigenvalue weighted by molar-refractivity contribution is 0.0531. The van der Waals surface area contributed by atoms with Gasteiger partial charge in [0.15, 0.2) is 0 Å². The molecule has 0 aliphatic carbocycles. The first-order chi connectivity index (χ1) is 5.23. The third-order valence-corrected chi connectivity index (χ3v) is 4.42. The molecule has 0 N–H and O–H groups in total. The fourth-order valence-electron chi connectivity index (χ4n) is 1.91. The van der Waals surface area contributed by atoms with E-state index >= 15 is 0 Å². The van der Waals surface area contributed by atoms with E-state index in [1.807, 2.05) is 0 Å². The van der Waals surface area contributed by atoms with E-state index in [0.717, 1.165) is 0 Å². The van der Waals surface area contributed by atoms with Gasteiger partial charge in [0.05, 0.1) is 5.54 Å². The lowest BCUT2D eigenvalue weighted by atomic mass is 9.98. The van der Waals surface area contributed by atoms with E-state index in [4.69, 9.17) is 0 Å². The highest BCUT2D eigenvalue weighted by molar-refractivity contribution is 8.00. The van der Waals surface area contributed by atoms with E-state index in [9.17, 15) is 0 Å². The summed E-state index contributed by atoms with van der Waals surface area (Å²) in [6, 6.07) is 0. The molecule has 0 aromatic heterocycles. The van der Waals surface area contributed by atoms with Gasteiger partial charge in [-0.3, -0.25) is 4.90 Å². The van der Waals surface area contributed by atoms with Crippen molar-refractivity contribution in [3.8, 4) is 0 Å². The Morgan fingerprint density at radius 1 is 1.18 bits per heavy atom. The summed E-state index contributed by atoms with van der Waals surface area (Å²) in [6.07, 6.45) is 0. The van der Waals surface area contributed by atoms with Gasteiger partial charge < -0.3 is 4.90 Å². The molecule has 1 spiro atoms. The molecule has 2 saturated heterocycles. The minimum absolute atomic E-state index is 0.553. The lowest BCUT2D eigenvalue weighted by Gasteiger charge is -2.53. The molecule has 0 bridgehead atoms. The van der Waals surface area contributed by atoms with Crippen molar-refractivity contribution >= 4 is 11.8 Å². The smallest absolute Gasteiger partial charge is 0.0514 e. The summed E-state index contributed by atoms with van der Waals surface area (Å²) in [5.41, 5.74) is 0.553. The van der Waals surface area contributed by atoms with Crippen molar-refractivity contribution in [2.24, 2.45) is 0 Å². The molecule has 2 aliphatic heterocycles. The molecule has 0 radical (unpaired) electrons. The second-order valence-corrected chi connectivity index (χ2v) is 4.86. The van der Waals surface area contributed by atoms with Gasteiger partial charge in [-0.15, -0.1) is 0 Å². The fraction of sp³-hybridized carbons (Fsp3) is 1.00. The molecule has 64 valence electrons. The van der Waals surface area contributed by atoms with E-state index in [1.165, 1.54) is 31.1 Å². The molecule has 11 heavy (non-hydrogen) atoms. The Bertz CT molecular complexity index is 156. The van der Waals surface area contributed by atoms with Crippen LogP contribution in [0.1, 0.15) is 0 Å². The summed E-state index contributed by atoms with van der Waals surface area (Å²) in [5, 5.41) is 0. The Balaban J connectivity index is 2.04. The number of thioether (sulfide) groups is 1. The standard InChI is InChI=1S/C8H16N2S/c1-9-3-4-10(2)8(5-9)6-11-7-8/h3-7H2,1-2H3. The Hall–Kier alpha value is 0.270. The van der Waals surface area contributed by atoms with E-state index in [1.54, 1.807) is 0 Å². The van der Waals surface area contributed by atoms with Gasteiger partial charge in [-0.1, -0.05) is 0 Å². The van der Waals surface area contributed by atoms with E-state index < -0.39 is 0 Å². The summed E-state index contributed by atoms with van der Waals surface area (Å²) in [5.74, 6) is 2.68. The number of rotatable bonds is 0. The van der Waals surface area contributed by atoms with Crippen LogP contribution in [0.15, 0.2) is 0 Å². The van der Waals surface area contributed by atoms with Crippen molar-refractivity contribution in [3.63, 3.8) is 0 Å². The van der Waals surface area contributed by atoms with Gasteiger partial charge >= 0.3 is 0 Å². The largest absolute Gasteiger partial charge is 0.303 e. The molecule has 0 saturated carbocycles. The van der Waals surface area contributed by atoms with Crippen molar-refractivity contribution in [3.05, 3.63) is 0 Å². The normalized spacial score (nSPS) is 32.2. The Labute approximate surface area is 72.9 Å². The summed E-state index contributed by atoms with van der Waals surface area (Å²) >= 11 is 2.08. The predicted octanol–water partition coefficient (Wildman–Crippen LogP) is 0.349. The highest BCUT2D eigenvalue weighted by Gasteiger charge is 2.44. The lowest BCUT2D eigenvalue weighted by Crippen LogP contribution is -2.66. The summed E-state index contributed by atoms with van der Waals surface area (Å²) < 4.78 is 0. The van der Waals surface area contributed by atoms with Gasteiger partial charge in [0.1, 0.15) is 0 Å². The Morgan fingerprint density at radius 2 is 1.91 bits per heavy atom. The SMILES string of the molecule is CN1CCN(C)C2(CSC2)C1. The molecule has 0 amide bonds. The van der Waals surface area contributed by atoms with Gasteiger partial charge in [-0.05, 0) is 14.1 Å². The van der Waals surface area contributed by atoms with Crippen LogP contribution in [0.4, 0.5) is 0 Å². The molecule has 0 atom stereocenters. The van der Waals surface area contributed by atoms with Crippen LogP contribution in [0.3, 0.4) is 0 Å². The summed E-state index contributed by atoms with van der Waals surface area (Å²) in [4.78, 5) is 5.00. The summed E-state index contributed by atoms with van der Waals surface area (Å²) in [6.45, 7) is 3.76. The van der Waals surface area contributed by atoms with Crippen molar-refractivity contribution in [2.45, 2.75) is 5.54 Å². The van der Waals surface area contributed by atoms with Crippen LogP contribution in [0, 0.1) is 0 Å². The zero-order valence-electron chi connectivity index (χ0n) is 7.34. The molecule has 0 unspecified atom stereocenters. The quantitative estimate of drug-likeness (QED) is 0.520. The van der Waals surface area contributed by atoms with Crippen molar-refractivity contribution in [1.29, 1.82) is 0 Å². The number of likely N-dealkylation sites (N-methyl/N-ethyl adjacent to an activating group) is 2. The molecule has 2 fully saturated rings. The average Bonchev–Trinajstić information content (AvgIpc) is 1.91. The maximum Gasteiger partial charge on any atom is 0.0514 e. The number of hydrogen-bond acceptors (Lipinski definition) is 3. The Morgan fingerprint density at radius 3 is 2.36 bits per heavy atom. The van der Waals surface area contributed by atoms with Gasteiger partial charge in [0.25, 0.3) is 0 Å². The van der Waals surface area contributed by atoms with Crippen LogP contribution < -0.4 is 0 Å². The molecular weight excluding hydrogens is 156 g/mol. The predicted molar refractivity (Wildman–Crippen MR) is 50.2 cm³/mol. The molecule has 2 rings (SSSR count).